The second kappa shape index (κ2) is 18.8. The first kappa shape index (κ1) is 46.9. The second-order valence-electron chi connectivity index (χ2n) is 22.0. The van der Waals surface area contributed by atoms with Gasteiger partial charge in [-0.15, -0.1) is 0 Å². The first-order valence-electron chi connectivity index (χ1n) is 28.6. The highest BCUT2D eigenvalue weighted by Crippen LogP contribution is 2.50. The summed E-state index contributed by atoms with van der Waals surface area (Å²) in [4.78, 5) is 2.47. The molecular weight excluding hydrogens is 1000 g/mol. The highest BCUT2D eigenvalue weighted by molar-refractivity contribution is 6.23. The molecule has 0 saturated carbocycles. The zero-order chi connectivity index (χ0) is 54.5. The van der Waals surface area contributed by atoms with Crippen LogP contribution in [-0.4, -0.2) is 9.13 Å². The molecule has 0 bridgehead atoms. The van der Waals surface area contributed by atoms with Crippen molar-refractivity contribution in [2.75, 3.05) is 4.90 Å². The highest BCUT2D eigenvalue weighted by Gasteiger charge is 2.24. The van der Waals surface area contributed by atoms with Gasteiger partial charge in [-0.2, -0.15) is 0 Å². The van der Waals surface area contributed by atoms with Gasteiger partial charge in [-0.05, 0) is 180 Å². The second-order valence-corrected chi connectivity index (χ2v) is 22.0. The first-order valence-corrected chi connectivity index (χ1v) is 28.6. The molecule has 0 radical (unpaired) electrons. The van der Waals surface area contributed by atoms with Gasteiger partial charge in [0.05, 0.1) is 27.8 Å². The lowest BCUT2D eigenvalue weighted by Gasteiger charge is -2.30. The van der Waals surface area contributed by atoms with Crippen LogP contribution >= 0.6 is 0 Å². The summed E-state index contributed by atoms with van der Waals surface area (Å²) in [6.07, 6.45) is 0. The van der Waals surface area contributed by atoms with E-state index in [4.69, 9.17) is 0 Å². The average Bonchev–Trinajstić information content (AvgIpc) is 4.13. The Morgan fingerprint density at radius 3 is 1.10 bits per heavy atom. The van der Waals surface area contributed by atoms with Crippen LogP contribution in [0.25, 0.3) is 142 Å². The van der Waals surface area contributed by atoms with Crippen molar-refractivity contribution in [1.29, 1.82) is 0 Å². The molecule has 0 aliphatic carbocycles. The van der Waals surface area contributed by atoms with E-state index < -0.39 is 0 Å². The smallest absolute Gasteiger partial charge is 0.0618 e. The average molecular weight is 1050 g/mol. The summed E-state index contributed by atoms with van der Waals surface area (Å²) in [5, 5.41) is 17.0. The van der Waals surface area contributed by atoms with Gasteiger partial charge in [0.1, 0.15) is 0 Å². The lowest BCUT2D eigenvalue weighted by Crippen LogP contribution is -2.11. The maximum Gasteiger partial charge on any atom is 0.0618 e. The molecule has 0 atom stereocenters. The van der Waals surface area contributed by atoms with Crippen LogP contribution in [0.5, 0.6) is 0 Å². The number of anilines is 3. The van der Waals surface area contributed by atoms with E-state index in [1.165, 1.54) is 103 Å². The Labute approximate surface area is 480 Å². The van der Waals surface area contributed by atoms with Crippen molar-refractivity contribution in [3.05, 3.63) is 309 Å². The number of rotatable bonds is 8. The molecular formula is C80H51N3. The molecule has 17 rings (SSSR count). The van der Waals surface area contributed by atoms with E-state index in [2.05, 4.69) is 323 Å². The van der Waals surface area contributed by atoms with E-state index in [9.17, 15) is 0 Å². The number of para-hydroxylation sites is 3. The third-order valence-corrected chi connectivity index (χ3v) is 17.3. The minimum absolute atomic E-state index is 1.10. The van der Waals surface area contributed by atoms with E-state index in [0.717, 1.165) is 56.3 Å². The van der Waals surface area contributed by atoms with E-state index in [0.29, 0.717) is 0 Å². The van der Waals surface area contributed by atoms with Crippen molar-refractivity contribution >= 4 is 115 Å². The predicted octanol–water partition coefficient (Wildman–Crippen LogP) is 22.1. The molecule has 0 spiro atoms. The van der Waals surface area contributed by atoms with Gasteiger partial charge < -0.3 is 14.0 Å². The minimum Gasteiger partial charge on any atom is -0.309 e. The third kappa shape index (κ3) is 7.59. The zero-order valence-electron chi connectivity index (χ0n) is 45.3. The maximum absolute atomic E-state index is 2.47. The lowest BCUT2D eigenvalue weighted by atomic mass is 9.86. The molecule has 3 nitrogen and oxygen atoms in total. The van der Waals surface area contributed by atoms with Gasteiger partial charge in [0, 0.05) is 55.1 Å². The largest absolute Gasteiger partial charge is 0.309 e. The standard InChI is InChI=1S/C80H51N3/c1-2-24-63(25-3-1)81(64-39-34-52-18-4-7-21-55(52)47-64)80-71-30-12-10-28-69(71)79(70-29-11-13-31-72(70)80)62-45-60(58-37-42-77-73(50-58)67-26-14-16-32-75(67)82(77)65-40-35-53-19-5-8-22-56(53)48-65)44-61(46-62)59-38-43-78-74(51-59)68-27-15-17-33-76(68)83(78)66-41-36-54-20-6-9-23-57(54)49-66/h1-51H. The molecule has 386 valence electrons. The van der Waals surface area contributed by atoms with Crippen LogP contribution in [0, 0.1) is 0 Å². The SMILES string of the molecule is c1ccc(N(c2ccc3ccccc3c2)c2c3ccccc3c(-c3cc(-c4ccc5c(c4)c4ccccc4n5-c4ccc5ccccc5c4)cc(-c4ccc5c(c4)c4ccccc4n5-c4ccc5ccccc5c4)c3)c3ccccc23)cc1. The monoisotopic (exact) mass is 1050 g/mol. The molecule has 0 unspecified atom stereocenters. The number of nitrogens with zero attached hydrogens (tertiary/aromatic N) is 3. The Morgan fingerprint density at radius 2 is 0.590 bits per heavy atom. The van der Waals surface area contributed by atoms with Crippen LogP contribution in [0.15, 0.2) is 309 Å². The summed E-state index contributed by atoms with van der Waals surface area (Å²) >= 11 is 0. The summed E-state index contributed by atoms with van der Waals surface area (Å²) in [5.74, 6) is 0. The predicted molar refractivity (Wildman–Crippen MR) is 354 cm³/mol. The Hall–Kier alpha value is -11.0. The van der Waals surface area contributed by atoms with Crippen LogP contribution in [0.2, 0.25) is 0 Å². The van der Waals surface area contributed by atoms with Crippen molar-refractivity contribution in [2.24, 2.45) is 0 Å². The van der Waals surface area contributed by atoms with Crippen LogP contribution < -0.4 is 4.90 Å². The van der Waals surface area contributed by atoms with Crippen molar-refractivity contribution in [3.8, 4) is 44.8 Å². The molecule has 0 fully saturated rings. The fourth-order valence-electron chi connectivity index (χ4n) is 13.6. The number of hydrogen-bond donors (Lipinski definition) is 0. The number of fused-ring (bicyclic) bond motifs is 11. The van der Waals surface area contributed by atoms with Gasteiger partial charge in [-0.3, -0.25) is 0 Å². The summed E-state index contributed by atoms with van der Waals surface area (Å²) in [6, 6.07) is 115. The molecule has 0 aliphatic heterocycles. The van der Waals surface area contributed by atoms with Crippen LogP contribution in [0.4, 0.5) is 17.1 Å². The highest BCUT2D eigenvalue weighted by atomic mass is 15.1. The van der Waals surface area contributed by atoms with E-state index in [1.807, 2.05) is 0 Å². The van der Waals surface area contributed by atoms with Gasteiger partial charge in [-0.1, -0.05) is 206 Å². The molecule has 17 aromatic rings. The van der Waals surface area contributed by atoms with E-state index in [-0.39, 0.29) is 0 Å². The molecule has 2 aromatic heterocycles. The van der Waals surface area contributed by atoms with Gasteiger partial charge in [0.15, 0.2) is 0 Å². The summed E-state index contributed by atoms with van der Waals surface area (Å²) < 4.78 is 4.87. The molecule has 83 heavy (non-hydrogen) atoms. The van der Waals surface area contributed by atoms with Crippen LogP contribution in [0.3, 0.4) is 0 Å². The van der Waals surface area contributed by atoms with Gasteiger partial charge >= 0.3 is 0 Å². The molecule has 15 aromatic carbocycles. The van der Waals surface area contributed by atoms with Crippen molar-refractivity contribution in [1.82, 2.24) is 9.13 Å². The molecule has 2 heterocycles. The Kier molecular flexibility index (Phi) is 10.6. The summed E-state index contributed by atoms with van der Waals surface area (Å²) in [7, 11) is 0. The Balaban J connectivity index is 0.915. The fourth-order valence-corrected chi connectivity index (χ4v) is 13.6. The van der Waals surface area contributed by atoms with E-state index >= 15 is 0 Å². The normalized spacial score (nSPS) is 11.9. The Bertz CT molecular complexity index is 5200. The fraction of sp³-hybridized carbons (Fsp3) is 0. The number of hydrogen-bond acceptors (Lipinski definition) is 1. The topological polar surface area (TPSA) is 13.1 Å². The number of aromatic nitrogens is 2. The molecule has 0 N–H and O–H groups in total. The Morgan fingerprint density at radius 1 is 0.205 bits per heavy atom. The summed E-state index contributed by atoms with van der Waals surface area (Å²) in [6.45, 7) is 0. The zero-order valence-corrected chi connectivity index (χ0v) is 45.3. The molecule has 0 amide bonds. The van der Waals surface area contributed by atoms with Crippen molar-refractivity contribution in [2.45, 2.75) is 0 Å². The summed E-state index contributed by atoms with van der Waals surface area (Å²) in [5.41, 5.74) is 17.4. The lowest BCUT2D eigenvalue weighted by molar-refractivity contribution is 1.19. The molecule has 0 saturated heterocycles. The molecule has 3 heteroatoms. The van der Waals surface area contributed by atoms with Gasteiger partial charge in [-0.25, -0.2) is 0 Å². The van der Waals surface area contributed by atoms with Crippen LogP contribution in [-0.2, 0) is 0 Å². The van der Waals surface area contributed by atoms with Gasteiger partial charge in [0.2, 0.25) is 0 Å². The maximum atomic E-state index is 2.47. The van der Waals surface area contributed by atoms with Gasteiger partial charge in [0.25, 0.3) is 0 Å². The minimum atomic E-state index is 1.10. The van der Waals surface area contributed by atoms with Crippen molar-refractivity contribution < 1.29 is 0 Å². The van der Waals surface area contributed by atoms with E-state index in [1.54, 1.807) is 0 Å². The number of benzene rings is 15. The van der Waals surface area contributed by atoms with Crippen LogP contribution in [0.1, 0.15) is 0 Å². The van der Waals surface area contributed by atoms with Crippen molar-refractivity contribution in [3.63, 3.8) is 0 Å². The molecule has 0 aliphatic rings. The third-order valence-electron chi connectivity index (χ3n) is 17.3. The quantitative estimate of drug-likeness (QED) is 0.138. The first-order chi connectivity index (χ1) is 41.1.